The van der Waals surface area contributed by atoms with E-state index in [1.807, 2.05) is 45.0 Å². The van der Waals surface area contributed by atoms with Gasteiger partial charge in [0.1, 0.15) is 18.1 Å². The quantitative estimate of drug-likeness (QED) is 0.244. The first kappa shape index (κ1) is 28.8. The number of rotatable bonds is 13. The molecule has 36 heavy (non-hydrogen) atoms. The molecule has 1 aromatic carbocycles. The average molecular weight is 502 g/mol. The predicted molar refractivity (Wildman–Crippen MR) is 138 cm³/mol. The zero-order valence-corrected chi connectivity index (χ0v) is 21.6. The minimum absolute atomic E-state index is 0.0804. The number of para-hydroxylation sites is 1. The normalized spacial score (nSPS) is 15.5. The summed E-state index contributed by atoms with van der Waals surface area (Å²) >= 11 is 0. The lowest BCUT2D eigenvalue weighted by molar-refractivity contribution is -0.143. The molecule has 1 heterocycles. The van der Waals surface area contributed by atoms with E-state index in [2.05, 4.69) is 20.9 Å². The van der Waals surface area contributed by atoms with E-state index in [-0.39, 0.29) is 18.3 Å². The molecule has 2 aromatic rings. The van der Waals surface area contributed by atoms with Crippen molar-refractivity contribution in [1.82, 2.24) is 20.9 Å². The van der Waals surface area contributed by atoms with Crippen LogP contribution in [0.4, 0.5) is 0 Å². The summed E-state index contributed by atoms with van der Waals surface area (Å²) in [6.07, 6.45) is 2.79. The van der Waals surface area contributed by atoms with Gasteiger partial charge in [-0.2, -0.15) is 0 Å². The summed E-state index contributed by atoms with van der Waals surface area (Å²) in [6.45, 7) is 8.94. The highest BCUT2D eigenvalue weighted by Gasteiger charge is 2.32. The van der Waals surface area contributed by atoms with E-state index in [0.717, 1.165) is 16.5 Å². The number of benzene rings is 1. The third kappa shape index (κ3) is 7.81. The molecule has 10 heteroatoms. The summed E-state index contributed by atoms with van der Waals surface area (Å²) in [4.78, 5) is 53.8. The van der Waals surface area contributed by atoms with Crippen molar-refractivity contribution in [3.05, 3.63) is 36.0 Å². The van der Waals surface area contributed by atoms with Crippen LogP contribution >= 0.6 is 0 Å². The highest BCUT2D eigenvalue weighted by atomic mass is 16.4. The molecule has 0 aliphatic carbocycles. The first-order valence-electron chi connectivity index (χ1n) is 12.4. The highest BCUT2D eigenvalue weighted by Crippen LogP contribution is 2.20. The van der Waals surface area contributed by atoms with E-state index in [0.29, 0.717) is 12.8 Å². The zero-order valence-electron chi connectivity index (χ0n) is 21.6. The van der Waals surface area contributed by atoms with Gasteiger partial charge in [0.2, 0.25) is 17.7 Å². The number of carbonyl (C=O) groups is 4. The maximum atomic E-state index is 13.3. The van der Waals surface area contributed by atoms with Crippen molar-refractivity contribution >= 4 is 34.6 Å². The number of carbonyl (C=O) groups excluding carboxylic acids is 3. The van der Waals surface area contributed by atoms with Gasteiger partial charge in [-0.25, -0.2) is 4.79 Å². The summed E-state index contributed by atoms with van der Waals surface area (Å²) in [5, 5.41) is 18.6. The molecule has 2 rings (SSSR count). The SMILES string of the molecule is CCC(C)C(NC(=O)C(Cc1c[nH]c2ccccc12)NC(=O)C(CC(C)C)NC(=O)C(C)N)C(=O)O. The molecule has 3 amide bonds. The Balaban J connectivity index is 2.35. The fourth-order valence-electron chi connectivity index (χ4n) is 3.95. The van der Waals surface area contributed by atoms with Gasteiger partial charge in [0.25, 0.3) is 0 Å². The van der Waals surface area contributed by atoms with E-state index in [1.54, 1.807) is 13.1 Å². The number of nitrogens with one attached hydrogen (secondary N) is 4. The molecule has 5 unspecified atom stereocenters. The topological polar surface area (TPSA) is 166 Å². The van der Waals surface area contributed by atoms with Crippen LogP contribution in [-0.4, -0.2) is 57.9 Å². The summed E-state index contributed by atoms with van der Waals surface area (Å²) in [5.74, 6) is -2.99. The van der Waals surface area contributed by atoms with Gasteiger partial charge in [0.05, 0.1) is 6.04 Å². The maximum absolute atomic E-state index is 13.3. The summed E-state index contributed by atoms with van der Waals surface area (Å²) in [6, 6.07) is 3.70. The van der Waals surface area contributed by atoms with Crippen LogP contribution in [0, 0.1) is 11.8 Å². The van der Waals surface area contributed by atoms with Crippen LogP contribution in [0.5, 0.6) is 0 Å². The molecule has 0 spiro atoms. The number of carboxylic acid groups (broad SMARTS) is 1. The first-order chi connectivity index (χ1) is 16.9. The molecule has 0 bridgehead atoms. The second-order valence-electron chi connectivity index (χ2n) is 9.81. The van der Waals surface area contributed by atoms with E-state index in [9.17, 15) is 24.3 Å². The summed E-state index contributed by atoms with van der Waals surface area (Å²) < 4.78 is 0. The van der Waals surface area contributed by atoms with Crippen LogP contribution in [0.2, 0.25) is 0 Å². The molecule has 1 aromatic heterocycles. The lowest BCUT2D eigenvalue weighted by Crippen LogP contribution is -2.58. The monoisotopic (exact) mass is 501 g/mol. The van der Waals surface area contributed by atoms with Gasteiger partial charge in [-0.15, -0.1) is 0 Å². The molecule has 0 aliphatic heterocycles. The van der Waals surface area contributed by atoms with Crippen molar-refractivity contribution in [2.45, 2.75) is 78.0 Å². The number of aliphatic carboxylic acids is 1. The fraction of sp³-hybridized carbons (Fsp3) is 0.538. The van der Waals surface area contributed by atoms with Crippen LogP contribution in [-0.2, 0) is 25.6 Å². The van der Waals surface area contributed by atoms with Crippen LogP contribution in [0.1, 0.15) is 53.0 Å². The first-order valence-corrected chi connectivity index (χ1v) is 12.4. The molecule has 0 radical (unpaired) electrons. The highest BCUT2D eigenvalue weighted by molar-refractivity contribution is 5.94. The Bertz CT molecular complexity index is 1060. The smallest absolute Gasteiger partial charge is 0.326 e. The molecular weight excluding hydrogens is 462 g/mol. The Morgan fingerprint density at radius 1 is 0.944 bits per heavy atom. The lowest BCUT2D eigenvalue weighted by Gasteiger charge is -2.27. The fourth-order valence-corrected chi connectivity index (χ4v) is 3.95. The number of hydrogen-bond donors (Lipinski definition) is 6. The zero-order chi connectivity index (χ0) is 27.0. The predicted octanol–water partition coefficient (Wildman–Crippen LogP) is 1.69. The van der Waals surface area contributed by atoms with E-state index in [4.69, 9.17) is 5.73 Å². The Labute approximate surface area is 211 Å². The lowest BCUT2D eigenvalue weighted by atomic mass is 9.97. The Hall–Kier alpha value is -3.40. The van der Waals surface area contributed by atoms with E-state index in [1.165, 1.54) is 6.92 Å². The van der Waals surface area contributed by atoms with Crippen molar-refractivity contribution in [3.8, 4) is 0 Å². The Morgan fingerprint density at radius 2 is 1.56 bits per heavy atom. The number of hydrogen-bond acceptors (Lipinski definition) is 5. The Morgan fingerprint density at radius 3 is 2.14 bits per heavy atom. The van der Waals surface area contributed by atoms with E-state index < -0.39 is 47.9 Å². The van der Waals surface area contributed by atoms with Crippen LogP contribution in [0.15, 0.2) is 30.5 Å². The molecule has 0 saturated heterocycles. The molecular formula is C26H39N5O5. The number of H-pyrrole nitrogens is 1. The molecule has 198 valence electrons. The van der Waals surface area contributed by atoms with Crippen molar-refractivity contribution in [2.24, 2.45) is 17.6 Å². The summed E-state index contributed by atoms with van der Waals surface area (Å²) in [5.41, 5.74) is 7.34. The molecule has 0 saturated carbocycles. The number of aromatic nitrogens is 1. The number of nitrogens with two attached hydrogens (primary N) is 1. The second-order valence-corrected chi connectivity index (χ2v) is 9.81. The van der Waals surface area contributed by atoms with Gasteiger partial charge in [-0.1, -0.05) is 52.3 Å². The van der Waals surface area contributed by atoms with Crippen molar-refractivity contribution in [1.29, 1.82) is 0 Å². The van der Waals surface area contributed by atoms with Crippen LogP contribution in [0.25, 0.3) is 10.9 Å². The maximum Gasteiger partial charge on any atom is 0.326 e. The van der Waals surface area contributed by atoms with Gasteiger partial charge in [-0.3, -0.25) is 14.4 Å². The van der Waals surface area contributed by atoms with Crippen molar-refractivity contribution in [2.75, 3.05) is 0 Å². The van der Waals surface area contributed by atoms with Gasteiger partial charge in [0.15, 0.2) is 0 Å². The minimum Gasteiger partial charge on any atom is -0.480 e. The number of fused-ring (bicyclic) bond motifs is 1. The summed E-state index contributed by atoms with van der Waals surface area (Å²) in [7, 11) is 0. The molecule has 0 aliphatic rings. The van der Waals surface area contributed by atoms with Crippen LogP contribution in [0.3, 0.4) is 0 Å². The third-order valence-corrected chi connectivity index (χ3v) is 6.26. The molecule has 0 fully saturated rings. The van der Waals surface area contributed by atoms with E-state index >= 15 is 0 Å². The van der Waals surface area contributed by atoms with Crippen molar-refractivity contribution < 1.29 is 24.3 Å². The second kappa shape index (κ2) is 13.1. The largest absolute Gasteiger partial charge is 0.480 e. The number of carboxylic acids is 1. The van der Waals surface area contributed by atoms with Gasteiger partial charge in [0, 0.05) is 23.5 Å². The molecule has 7 N–H and O–H groups in total. The molecule has 5 atom stereocenters. The van der Waals surface area contributed by atoms with Gasteiger partial charge >= 0.3 is 5.97 Å². The molecule has 10 nitrogen and oxygen atoms in total. The van der Waals surface area contributed by atoms with Gasteiger partial charge < -0.3 is 31.8 Å². The minimum atomic E-state index is -1.14. The van der Waals surface area contributed by atoms with Gasteiger partial charge in [-0.05, 0) is 36.8 Å². The average Bonchev–Trinajstić information content (AvgIpc) is 3.23. The number of aromatic amines is 1. The van der Waals surface area contributed by atoms with Crippen molar-refractivity contribution in [3.63, 3.8) is 0 Å². The third-order valence-electron chi connectivity index (χ3n) is 6.26. The standard InChI is InChI=1S/C26H39N5O5/c1-6-15(4)22(26(35)36)31-25(34)21(12-17-13-28-19-10-8-7-9-18(17)19)30-24(33)20(11-14(2)3)29-23(32)16(5)27/h7-10,13-16,20-22,28H,6,11-12,27H2,1-5H3,(H,29,32)(H,30,33)(H,31,34)(H,35,36). The van der Waals surface area contributed by atoms with Crippen LogP contribution < -0.4 is 21.7 Å². The Kier molecular flexibility index (Phi) is 10.5. The number of amides is 3.